The van der Waals surface area contributed by atoms with E-state index in [4.69, 9.17) is 4.74 Å². The molecule has 0 spiro atoms. The van der Waals surface area contributed by atoms with Crippen LogP contribution in [-0.2, 0) is 0 Å². The molecule has 0 aliphatic carbocycles. The Kier molecular flexibility index (Phi) is 3.00. The fourth-order valence-corrected chi connectivity index (χ4v) is 0.897. The van der Waals surface area contributed by atoms with Crippen LogP contribution in [0.2, 0.25) is 0 Å². The van der Waals surface area contributed by atoms with Crippen molar-refractivity contribution in [3.63, 3.8) is 0 Å². The van der Waals surface area contributed by atoms with Gasteiger partial charge in [-0.15, -0.1) is 0 Å². The van der Waals surface area contributed by atoms with E-state index in [1.165, 1.54) is 24.3 Å². The van der Waals surface area contributed by atoms with E-state index in [0.29, 0.717) is 9.70 Å². The van der Waals surface area contributed by atoms with Crippen molar-refractivity contribution in [2.45, 2.75) is 0 Å². The first-order valence-electron chi connectivity index (χ1n) is 2.83. The molecule has 1 aromatic rings. The average molecular weight is 234 g/mol. The minimum atomic E-state index is -0.289. The molecule has 0 bridgehead atoms. The van der Waals surface area contributed by atoms with Crippen molar-refractivity contribution >= 4 is 32.2 Å². The molecule has 0 N–H and O–H groups in total. The molecule has 0 amide bonds. The van der Waals surface area contributed by atoms with Gasteiger partial charge in [0.1, 0.15) is 0 Å². The molecule has 0 unspecified atom stereocenters. The molecule has 1 radical (unpaired) electrons. The molecule has 0 aromatic heterocycles. The van der Waals surface area contributed by atoms with Crippen LogP contribution >= 0.6 is 12.2 Å². The Hall–Kier alpha value is -0.441. The van der Waals surface area contributed by atoms with Crippen molar-refractivity contribution in [2.75, 3.05) is 0 Å². The van der Waals surface area contributed by atoms with Crippen LogP contribution in [0.4, 0.5) is 4.39 Å². The predicted octanol–water partition coefficient (Wildman–Crippen LogP) is 1.66. The van der Waals surface area contributed by atoms with Crippen molar-refractivity contribution in [1.82, 2.24) is 0 Å². The van der Waals surface area contributed by atoms with Crippen molar-refractivity contribution in [3.05, 3.63) is 30.1 Å². The molecule has 57 valence electrons. The van der Waals surface area contributed by atoms with Crippen molar-refractivity contribution in [2.24, 2.45) is 0 Å². The van der Waals surface area contributed by atoms with Crippen LogP contribution in [0.1, 0.15) is 0 Å². The van der Waals surface area contributed by atoms with Crippen LogP contribution in [0.3, 0.4) is 0 Å². The number of hydrogen-bond donors (Lipinski definition) is 0. The number of rotatable bonds is 1. The third-order valence-electron chi connectivity index (χ3n) is 1.01. The standard InChI is InChI=1S/C7H4FOSSe/c8-5-1-3-6(4-2-5)9-7(10)11/h1-4H. The quantitative estimate of drug-likeness (QED) is 0.540. The number of halogens is 1. The fraction of sp³-hybridized carbons (Fsp3) is 0. The number of hydrogen-bond acceptors (Lipinski definition) is 2. The van der Waals surface area contributed by atoms with Crippen molar-refractivity contribution in [1.29, 1.82) is 0 Å². The van der Waals surface area contributed by atoms with Gasteiger partial charge in [-0.2, -0.15) is 0 Å². The number of benzene rings is 1. The average Bonchev–Trinajstić information content (AvgIpc) is 1.93. The zero-order valence-electron chi connectivity index (χ0n) is 5.41. The zero-order chi connectivity index (χ0) is 8.27. The Balaban J connectivity index is 2.74. The Morgan fingerprint density at radius 2 is 1.91 bits per heavy atom. The molecule has 0 fully saturated rings. The van der Waals surface area contributed by atoms with Gasteiger partial charge in [0, 0.05) is 0 Å². The van der Waals surface area contributed by atoms with E-state index < -0.39 is 0 Å². The molecule has 0 atom stereocenters. The Morgan fingerprint density at radius 3 is 2.36 bits per heavy atom. The molecule has 0 saturated heterocycles. The third kappa shape index (κ3) is 2.97. The molecule has 1 rings (SSSR count). The zero-order valence-corrected chi connectivity index (χ0v) is 7.94. The number of thiocarbonyl (C=S) groups is 1. The van der Waals surface area contributed by atoms with E-state index in [9.17, 15) is 4.39 Å². The summed E-state index contributed by atoms with van der Waals surface area (Å²) in [6.07, 6.45) is 0. The topological polar surface area (TPSA) is 9.23 Å². The van der Waals surface area contributed by atoms with Gasteiger partial charge in [0.15, 0.2) is 0 Å². The molecule has 1 nitrogen and oxygen atoms in total. The monoisotopic (exact) mass is 235 g/mol. The normalized spacial score (nSPS) is 9.18. The first-order chi connectivity index (χ1) is 5.18. The second-order valence-electron chi connectivity index (χ2n) is 1.81. The van der Waals surface area contributed by atoms with E-state index in [0.717, 1.165) is 0 Å². The van der Waals surface area contributed by atoms with E-state index in [-0.39, 0.29) is 5.82 Å². The van der Waals surface area contributed by atoms with Gasteiger partial charge in [-0.25, -0.2) is 0 Å². The van der Waals surface area contributed by atoms with Gasteiger partial charge >= 0.3 is 77.1 Å². The minimum absolute atomic E-state index is 0.289. The van der Waals surface area contributed by atoms with Gasteiger partial charge in [0.2, 0.25) is 0 Å². The molecular weight excluding hydrogens is 230 g/mol. The summed E-state index contributed by atoms with van der Waals surface area (Å²) in [4.78, 5) is 0. The summed E-state index contributed by atoms with van der Waals surface area (Å²) in [6.45, 7) is 0. The molecule has 0 heterocycles. The fourth-order valence-electron chi connectivity index (χ4n) is 0.599. The Morgan fingerprint density at radius 1 is 1.36 bits per heavy atom. The molecule has 11 heavy (non-hydrogen) atoms. The van der Waals surface area contributed by atoms with E-state index >= 15 is 0 Å². The van der Waals surface area contributed by atoms with Gasteiger partial charge in [0.25, 0.3) is 0 Å². The third-order valence-corrected chi connectivity index (χ3v) is 1.27. The second-order valence-corrected chi connectivity index (χ2v) is 3.54. The van der Waals surface area contributed by atoms with E-state index in [1.807, 2.05) is 0 Å². The van der Waals surface area contributed by atoms with Crippen LogP contribution in [0.5, 0.6) is 5.75 Å². The second kappa shape index (κ2) is 3.81. The molecule has 1 aromatic carbocycles. The van der Waals surface area contributed by atoms with Crippen LogP contribution in [0.15, 0.2) is 24.3 Å². The van der Waals surface area contributed by atoms with Gasteiger partial charge < -0.3 is 0 Å². The molecule has 0 saturated carbocycles. The Labute approximate surface area is 77.4 Å². The molecular formula is C7H4FOSSe. The van der Waals surface area contributed by atoms with Gasteiger partial charge in [-0.3, -0.25) is 0 Å². The van der Waals surface area contributed by atoms with Crippen molar-refractivity contribution < 1.29 is 9.13 Å². The van der Waals surface area contributed by atoms with E-state index in [2.05, 4.69) is 28.2 Å². The predicted molar refractivity (Wildman–Crippen MR) is 45.4 cm³/mol. The van der Waals surface area contributed by atoms with Gasteiger partial charge in [-0.1, -0.05) is 0 Å². The summed E-state index contributed by atoms with van der Waals surface area (Å²) in [6, 6.07) is 5.65. The van der Waals surface area contributed by atoms with Gasteiger partial charge in [0.05, 0.1) is 0 Å². The summed E-state index contributed by atoms with van der Waals surface area (Å²) in [7, 11) is 0. The van der Waals surface area contributed by atoms with Crippen molar-refractivity contribution in [3.8, 4) is 5.75 Å². The maximum atomic E-state index is 12.3. The van der Waals surface area contributed by atoms with E-state index in [1.54, 1.807) is 0 Å². The summed E-state index contributed by atoms with van der Waals surface area (Å²) in [5.74, 6) is 0.249. The summed E-state index contributed by atoms with van der Waals surface area (Å²) < 4.78 is 17.6. The van der Waals surface area contributed by atoms with Crippen LogP contribution < -0.4 is 4.74 Å². The molecule has 0 aliphatic heterocycles. The van der Waals surface area contributed by atoms with Crippen LogP contribution in [0, 0.1) is 5.82 Å². The first-order valence-corrected chi connectivity index (χ1v) is 4.09. The molecule has 0 aliphatic rings. The van der Waals surface area contributed by atoms with Crippen LogP contribution in [0.25, 0.3) is 0 Å². The summed E-state index contributed by atoms with van der Waals surface area (Å²) >= 11 is 7.16. The first kappa shape index (κ1) is 8.65. The molecule has 4 heteroatoms. The van der Waals surface area contributed by atoms with Crippen LogP contribution in [-0.4, -0.2) is 20.0 Å². The Bertz CT molecular complexity index is 260. The SMILES string of the molecule is Fc1ccc(OC(=S)[Se])cc1. The number of ether oxygens (including phenoxy) is 1. The summed E-state index contributed by atoms with van der Waals surface area (Å²) in [5.41, 5.74) is 0. The van der Waals surface area contributed by atoms with Gasteiger partial charge in [-0.05, 0) is 0 Å². The summed E-state index contributed by atoms with van der Waals surface area (Å²) in [5, 5.41) is 0. The maximum absolute atomic E-state index is 12.3.